The van der Waals surface area contributed by atoms with Gasteiger partial charge in [0.1, 0.15) is 11.4 Å². The van der Waals surface area contributed by atoms with Crippen molar-refractivity contribution in [1.82, 2.24) is 25.9 Å². The van der Waals surface area contributed by atoms with Crippen LogP contribution < -0.4 is 25.6 Å². The molecule has 0 spiro atoms. The summed E-state index contributed by atoms with van der Waals surface area (Å²) in [6, 6.07) is 14.3. The number of benzene rings is 3. The number of hydrogen-bond acceptors (Lipinski definition) is 9. The lowest BCUT2D eigenvalue weighted by atomic mass is 9.87. The molecule has 260 valence electrons. The lowest BCUT2D eigenvalue weighted by Crippen LogP contribution is -2.34. The Bertz CT molecular complexity index is 1960. The van der Waals surface area contributed by atoms with Crippen molar-refractivity contribution in [3.05, 3.63) is 97.7 Å². The molecule has 49 heavy (non-hydrogen) atoms. The highest BCUT2D eigenvalue weighted by Gasteiger charge is 2.33. The van der Waals surface area contributed by atoms with Gasteiger partial charge in [-0.3, -0.25) is 30.6 Å². The molecule has 0 bridgehead atoms. The van der Waals surface area contributed by atoms with Crippen LogP contribution in [-0.2, 0) is 21.2 Å². The number of ether oxygens (including phenoxy) is 1. The highest BCUT2D eigenvalue weighted by Crippen LogP contribution is 2.35. The highest BCUT2D eigenvalue weighted by molar-refractivity contribution is 7.90. The Hall–Kier alpha value is -4.50. The number of nitro groups is 1. The summed E-state index contributed by atoms with van der Waals surface area (Å²) in [5.74, 6) is -0.424. The van der Waals surface area contributed by atoms with E-state index in [9.17, 15) is 28.1 Å². The number of aromatic amines is 1. The summed E-state index contributed by atoms with van der Waals surface area (Å²) in [6.45, 7) is 8.32. The number of para-hydroxylation sites is 1. The number of nitrogens with one attached hydrogen (secondary N) is 5. The Kier molecular flexibility index (Phi) is 10.9. The number of aromatic nitrogens is 1. The highest BCUT2D eigenvalue weighted by atomic mass is 35.5. The van der Waals surface area contributed by atoms with Crippen molar-refractivity contribution < 1.29 is 27.7 Å². The third-order valence-corrected chi connectivity index (χ3v) is 10.7. The summed E-state index contributed by atoms with van der Waals surface area (Å²) in [5.41, 5.74) is 11.2. The smallest absolute Gasteiger partial charge is 0.269 e. The molecule has 5 N–H and O–H groups in total. The molecule has 1 saturated heterocycles. The van der Waals surface area contributed by atoms with Gasteiger partial charge in [-0.25, -0.2) is 13.1 Å². The van der Waals surface area contributed by atoms with Crippen molar-refractivity contribution in [2.75, 3.05) is 13.2 Å². The predicted octanol–water partition coefficient (Wildman–Crippen LogP) is 4.95. The van der Waals surface area contributed by atoms with Crippen LogP contribution >= 0.6 is 11.6 Å². The summed E-state index contributed by atoms with van der Waals surface area (Å²) in [5, 5.41) is 15.2. The molecule has 3 aromatic carbocycles. The number of rotatable bonds is 13. The van der Waals surface area contributed by atoms with Crippen LogP contribution in [0.4, 0.5) is 5.69 Å². The van der Waals surface area contributed by atoms with E-state index in [0.29, 0.717) is 30.2 Å². The first-order chi connectivity index (χ1) is 23.3. The maximum Gasteiger partial charge on any atom is 0.269 e. The second-order valence-electron chi connectivity index (χ2n) is 12.2. The minimum absolute atomic E-state index is 0.132. The van der Waals surface area contributed by atoms with Gasteiger partial charge in [-0.15, -0.1) is 0 Å². The number of halogens is 1. The fraction of sp³-hybridized carbons (Fsp3) is 0.353. The molecule has 4 aromatic rings. The Balaban J connectivity index is 1.30. The fourth-order valence-electron chi connectivity index (χ4n) is 6.25. The SMILES string of the molecule is Cc1cc(OCCCc2c(C(=O)NCCC(=O)NS(=O)(=O)c3ccc([N+](=O)[O-])cc3)[nH]c3c(C4C(C)NNC4C)cccc23)cc(C)c1Cl. The minimum Gasteiger partial charge on any atom is -0.494 e. The molecule has 1 aliphatic heterocycles. The minimum atomic E-state index is -4.26. The van der Waals surface area contributed by atoms with Crippen LogP contribution in [0, 0.1) is 24.0 Å². The number of hydrazine groups is 1. The van der Waals surface area contributed by atoms with Crippen LogP contribution in [0.15, 0.2) is 59.5 Å². The van der Waals surface area contributed by atoms with Gasteiger partial charge in [-0.05, 0) is 87.1 Å². The second-order valence-corrected chi connectivity index (χ2v) is 14.3. The van der Waals surface area contributed by atoms with Gasteiger partial charge >= 0.3 is 0 Å². The van der Waals surface area contributed by atoms with Gasteiger partial charge in [0.25, 0.3) is 21.6 Å². The van der Waals surface area contributed by atoms with Crippen LogP contribution in [0.2, 0.25) is 5.02 Å². The topological polar surface area (TPSA) is 185 Å². The first-order valence-electron chi connectivity index (χ1n) is 15.9. The number of non-ortho nitro benzene ring substituents is 1. The van der Waals surface area contributed by atoms with Gasteiger partial charge < -0.3 is 15.0 Å². The molecule has 1 aromatic heterocycles. The zero-order chi connectivity index (χ0) is 35.5. The largest absolute Gasteiger partial charge is 0.494 e. The molecule has 0 saturated carbocycles. The van der Waals surface area contributed by atoms with Crippen molar-refractivity contribution in [2.45, 2.75) is 69.9 Å². The standard InChI is InChI=1S/C34H39ClN6O7S/c1-19-17-24(18-20(2)31(19)35)48-16-6-9-27-26-7-5-8-28(30-21(3)38-39-22(30)4)32(26)37-33(27)34(43)36-15-14-29(42)40-49(46,47)25-12-10-23(11-13-25)41(44)45/h5,7-8,10-13,17-18,21-22,30,37-39H,6,9,14-16H2,1-4H3,(H,36,43)(H,40,42). The summed E-state index contributed by atoms with van der Waals surface area (Å²) in [4.78, 5) is 39.5. The average Bonchev–Trinajstić information content (AvgIpc) is 3.60. The van der Waals surface area contributed by atoms with Crippen LogP contribution in [0.1, 0.15) is 65.3 Å². The molecule has 2 heterocycles. The third-order valence-electron chi connectivity index (χ3n) is 8.67. The van der Waals surface area contributed by atoms with E-state index in [1.54, 1.807) is 0 Å². The number of aryl methyl sites for hydroxylation is 3. The Morgan fingerprint density at radius 1 is 1.02 bits per heavy atom. The lowest BCUT2D eigenvalue weighted by Gasteiger charge is -2.19. The second kappa shape index (κ2) is 14.9. The van der Waals surface area contributed by atoms with Crippen molar-refractivity contribution >= 4 is 50.0 Å². The van der Waals surface area contributed by atoms with Crippen LogP contribution in [0.3, 0.4) is 0 Å². The molecule has 13 nitrogen and oxygen atoms in total. The number of carbonyl (C=O) groups is 2. The molecule has 2 atom stereocenters. The molecule has 0 radical (unpaired) electrons. The molecule has 2 unspecified atom stereocenters. The summed E-state index contributed by atoms with van der Waals surface area (Å²) >= 11 is 6.31. The molecular weight excluding hydrogens is 672 g/mol. The van der Waals surface area contributed by atoms with Crippen molar-refractivity contribution in [3.63, 3.8) is 0 Å². The average molecular weight is 711 g/mol. The van der Waals surface area contributed by atoms with E-state index in [4.69, 9.17) is 16.3 Å². The normalized spacial score (nSPS) is 17.6. The summed E-state index contributed by atoms with van der Waals surface area (Å²) in [6.07, 6.45) is 0.819. The summed E-state index contributed by atoms with van der Waals surface area (Å²) < 4.78 is 33.2. The zero-order valence-electron chi connectivity index (χ0n) is 27.6. The van der Waals surface area contributed by atoms with E-state index in [1.165, 1.54) is 0 Å². The van der Waals surface area contributed by atoms with Crippen molar-refractivity contribution in [2.24, 2.45) is 0 Å². The van der Waals surface area contributed by atoms with E-state index in [0.717, 1.165) is 63.2 Å². The van der Waals surface area contributed by atoms with E-state index < -0.39 is 26.8 Å². The van der Waals surface area contributed by atoms with Gasteiger partial charge in [-0.1, -0.05) is 29.8 Å². The van der Waals surface area contributed by atoms with Gasteiger partial charge in [0.2, 0.25) is 5.91 Å². The third kappa shape index (κ3) is 8.05. The number of carbonyl (C=O) groups excluding carboxylic acids is 2. The first-order valence-corrected chi connectivity index (χ1v) is 17.7. The Morgan fingerprint density at radius 2 is 1.67 bits per heavy atom. The lowest BCUT2D eigenvalue weighted by molar-refractivity contribution is -0.384. The van der Waals surface area contributed by atoms with Gasteiger partial charge in [0, 0.05) is 59.0 Å². The quantitative estimate of drug-likeness (QED) is 0.0728. The monoisotopic (exact) mass is 710 g/mol. The Morgan fingerprint density at radius 3 is 2.31 bits per heavy atom. The summed E-state index contributed by atoms with van der Waals surface area (Å²) in [7, 11) is -4.26. The molecule has 2 amide bonds. The molecule has 15 heteroatoms. The molecule has 1 aliphatic rings. The predicted molar refractivity (Wildman–Crippen MR) is 186 cm³/mol. The van der Waals surface area contributed by atoms with Crippen LogP contribution in [-0.4, -0.2) is 55.4 Å². The maximum absolute atomic E-state index is 13.6. The van der Waals surface area contributed by atoms with E-state index >= 15 is 0 Å². The number of hydrogen-bond donors (Lipinski definition) is 5. The van der Waals surface area contributed by atoms with Crippen LogP contribution in [0.25, 0.3) is 10.9 Å². The molecule has 1 fully saturated rings. The van der Waals surface area contributed by atoms with Gasteiger partial charge in [0.05, 0.1) is 16.4 Å². The Labute approximate surface area is 289 Å². The zero-order valence-corrected chi connectivity index (χ0v) is 29.1. The molecule has 5 rings (SSSR count). The van der Waals surface area contributed by atoms with E-state index in [1.807, 2.05) is 42.8 Å². The van der Waals surface area contributed by atoms with Gasteiger partial charge in [0.15, 0.2) is 0 Å². The number of fused-ring (bicyclic) bond motifs is 1. The van der Waals surface area contributed by atoms with Crippen molar-refractivity contribution in [3.8, 4) is 5.75 Å². The first kappa shape index (κ1) is 35.8. The maximum atomic E-state index is 13.6. The molecular formula is C34H39ClN6O7S. The van der Waals surface area contributed by atoms with Gasteiger partial charge in [-0.2, -0.15) is 0 Å². The number of nitro benzene ring substituents is 1. The van der Waals surface area contributed by atoms with Crippen LogP contribution in [0.5, 0.6) is 5.75 Å². The number of amides is 2. The number of nitrogens with zero attached hydrogens (tertiary/aromatic N) is 1. The molecule has 0 aliphatic carbocycles. The number of H-pyrrole nitrogens is 1. The number of sulfonamides is 1. The van der Waals surface area contributed by atoms with E-state index in [-0.39, 0.29) is 41.6 Å². The fourth-order valence-corrected chi connectivity index (χ4v) is 7.38. The van der Waals surface area contributed by atoms with E-state index in [2.05, 4.69) is 41.1 Å². The van der Waals surface area contributed by atoms with Crippen molar-refractivity contribution in [1.29, 1.82) is 0 Å².